The van der Waals surface area contributed by atoms with Crippen molar-refractivity contribution in [1.29, 1.82) is 0 Å². The van der Waals surface area contributed by atoms with Crippen molar-refractivity contribution in [2.75, 3.05) is 0 Å². The van der Waals surface area contributed by atoms with Gasteiger partial charge in [0.2, 0.25) is 0 Å². The second-order valence-electron chi connectivity index (χ2n) is 7.68. The first-order valence-corrected chi connectivity index (χ1v) is 8.65. The lowest BCUT2D eigenvalue weighted by Gasteiger charge is -2.27. The van der Waals surface area contributed by atoms with E-state index in [1.807, 2.05) is 6.92 Å². The first-order valence-electron chi connectivity index (χ1n) is 8.65. The quantitative estimate of drug-likeness (QED) is 0.572. The fraction of sp³-hybridized carbons (Fsp3) is 0.632. The molecular weight excluding hydrogens is 324 g/mol. The molecule has 25 heavy (non-hydrogen) atoms. The van der Waals surface area contributed by atoms with Gasteiger partial charge in [-0.15, -0.1) is 0 Å². The number of ether oxygens (including phenoxy) is 2. The van der Waals surface area contributed by atoms with Gasteiger partial charge in [0.05, 0.1) is 11.2 Å². The third-order valence-corrected chi connectivity index (χ3v) is 5.34. The van der Waals surface area contributed by atoms with Crippen LogP contribution in [0.15, 0.2) is 23.8 Å². The molecule has 6 heteroatoms. The molecule has 2 fully saturated rings. The number of fused-ring (bicyclic) bond motifs is 4. The molecule has 0 aromatic rings. The smallest absolute Gasteiger partial charge is 0.336 e. The number of hydrogen-bond acceptors (Lipinski definition) is 6. The number of allylic oxidation sites excluding steroid dienone is 2. The molecule has 6 nitrogen and oxygen atoms in total. The molecular formula is C19H24O6. The Labute approximate surface area is 146 Å². The summed E-state index contributed by atoms with van der Waals surface area (Å²) in [5.41, 5.74) is 0.194. The van der Waals surface area contributed by atoms with Crippen molar-refractivity contribution in [3.8, 4) is 0 Å². The minimum atomic E-state index is -1.05. The lowest BCUT2D eigenvalue weighted by molar-refractivity contribution is -0.144. The summed E-state index contributed by atoms with van der Waals surface area (Å²) in [6, 6.07) is 0. The van der Waals surface area contributed by atoms with Crippen LogP contribution in [0, 0.1) is 5.92 Å². The van der Waals surface area contributed by atoms with Crippen LogP contribution in [0.5, 0.6) is 0 Å². The van der Waals surface area contributed by atoms with Gasteiger partial charge < -0.3 is 14.6 Å². The van der Waals surface area contributed by atoms with E-state index in [2.05, 4.69) is 6.58 Å². The number of rotatable bonds is 1. The number of carbonyl (C=O) groups is 3. The zero-order valence-corrected chi connectivity index (χ0v) is 14.6. The van der Waals surface area contributed by atoms with Crippen molar-refractivity contribution < 1.29 is 29.0 Å². The molecule has 3 aliphatic rings. The number of aliphatic hydroxyl groups excluding tert-OH is 1. The van der Waals surface area contributed by atoms with Crippen LogP contribution >= 0.6 is 0 Å². The Hall–Kier alpha value is -1.79. The molecule has 3 rings (SSSR count). The average Bonchev–Trinajstić information content (AvgIpc) is 2.91. The highest BCUT2D eigenvalue weighted by Gasteiger charge is 2.49. The predicted octanol–water partition coefficient (Wildman–Crippen LogP) is 1.65. The lowest BCUT2D eigenvalue weighted by Crippen LogP contribution is -2.35. The molecule has 0 saturated carbocycles. The van der Waals surface area contributed by atoms with Gasteiger partial charge in [-0.05, 0) is 26.2 Å². The van der Waals surface area contributed by atoms with E-state index in [0.29, 0.717) is 6.42 Å². The topological polar surface area (TPSA) is 89.9 Å². The van der Waals surface area contributed by atoms with E-state index in [4.69, 9.17) is 9.47 Å². The summed E-state index contributed by atoms with van der Waals surface area (Å²) >= 11 is 0. The highest BCUT2D eigenvalue weighted by atomic mass is 16.6. The molecule has 136 valence electrons. The zero-order valence-electron chi connectivity index (χ0n) is 14.6. The first kappa shape index (κ1) is 18.0. The average molecular weight is 348 g/mol. The van der Waals surface area contributed by atoms with Gasteiger partial charge in [0.1, 0.15) is 24.1 Å². The van der Waals surface area contributed by atoms with Crippen molar-refractivity contribution in [2.45, 2.75) is 69.9 Å². The zero-order chi connectivity index (χ0) is 18.4. The Bertz CT molecular complexity index is 663. The molecule has 5 atom stereocenters. The first-order chi connectivity index (χ1) is 11.7. The van der Waals surface area contributed by atoms with Gasteiger partial charge >= 0.3 is 5.97 Å². The van der Waals surface area contributed by atoms with E-state index < -0.39 is 29.9 Å². The fourth-order valence-corrected chi connectivity index (χ4v) is 3.88. The van der Waals surface area contributed by atoms with Crippen molar-refractivity contribution in [3.05, 3.63) is 23.8 Å². The summed E-state index contributed by atoms with van der Waals surface area (Å²) in [5, 5.41) is 10.5. The lowest BCUT2D eigenvalue weighted by atomic mass is 9.87. The van der Waals surface area contributed by atoms with E-state index in [0.717, 1.165) is 5.57 Å². The van der Waals surface area contributed by atoms with Crippen molar-refractivity contribution in [2.24, 2.45) is 5.92 Å². The van der Waals surface area contributed by atoms with Gasteiger partial charge in [0.25, 0.3) is 0 Å². The number of esters is 1. The number of ketones is 2. The molecule has 1 N–H and O–H groups in total. The highest BCUT2D eigenvalue weighted by molar-refractivity contribution is 5.93. The van der Waals surface area contributed by atoms with Gasteiger partial charge in [0, 0.05) is 25.7 Å². The van der Waals surface area contributed by atoms with Crippen LogP contribution in [0.4, 0.5) is 0 Å². The predicted molar refractivity (Wildman–Crippen MR) is 88.7 cm³/mol. The summed E-state index contributed by atoms with van der Waals surface area (Å²) in [7, 11) is 0. The van der Waals surface area contributed by atoms with E-state index in [1.54, 1.807) is 13.0 Å². The van der Waals surface area contributed by atoms with Crippen LogP contribution in [-0.4, -0.2) is 46.6 Å². The largest absolute Gasteiger partial charge is 0.456 e. The SMILES string of the molecule is C=C(C)[C@H]1C/C=C2\C(=O)O[C@H](C[C@@]3(C)CC(=O)[C@@H](CC(=O)C1)O3)[C@H]2O. The van der Waals surface area contributed by atoms with Gasteiger partial charge in [0.15, 0.2) is 5.78 Å². The normalized spacial score (nSPS) is 41.2. The minimum absolute atomic E-state index is 0.0541. The molecule has 0 spiro atoms. The fourth-order valence-electron chi connectivity index (χ4n) is 3.88. The van der Waals surface area contributed by atoms with E-state index >= 15 is 0 Å². The van der Waals surface area contributed by atoms with Crippen molar-refractivity contribution in [1.82, 2.24) is 0 Å². The second-order valence-corrected chi connectivity index (χ2v) is 7.68. The van der Waals surface area contributed by atoms with Crippen LogP contribution < -0.4 is 0 Å². The number of aliphatic hydroxyl groups is 1. The molecule has 0 aromatic heterocycles. The molecule has 3 heterocycles. The molecule has 3 aliphatic heterocycles. The molecule has 4 bridgehead atoms. The molecule has 0 amide bonds. The Morgan fingerprint density at radius 3 is 2.72 bits per heavy atom. The Kier molecular flexibility index (Phi) is 4.68. The monoisotopic (exact) mass is 348 g/mol. The maximum atomic E-state index is 12.4. The Morgan fingerprint density at radius 2 is 2.04 bits per heavy atom. The Morgan fingerprint density at radius 1 is 1.32 bits per heavy atom. The summed E-state index contributed by atoms with van der Waals surface area (Å²) < 4.78 is 11.2. The van der Waals surface area contributed by atoms with Crippen LogP contribution in [0.25, 0.3) is 0 Å². The van der Waals surface area contributed by atoms with E-state index in [-0.39, 0.29) is 48.7 Å². The van der Waals surface area contributed by atoms with E-state index in [9.17, 15) is 19.5 Å². The second kappa shape index (κ2) is 6.50. The van der Waals surface area contributed by atoms with Crippen LogP contribution in [-0.2, 0) is 23.9 Å². The molecule has 0 aromatic carbocycles. The third-order valence-electron chi connectivity index (χ3n) is 5.34. The molecule has 0 aliphatic carbocycles. The summed E-state index contributed by atoms with van der Waals surface area (Å²) in [5.74, 6) is -0.871. The maximum absolute atomic E-state index is 12.4. The van der Waals surface area contributed by atoms with Crippen molar-refractivity contribution >= 4 is 17.5 Å². The van der Waals surface area contributed by atoms with Gasteiger partial charge in [-0.3, -0.25) is 9.59 Å². The van der Waals surface area contributed by atoms with Gasteiger partial charge in [-0.1, -0.05) is 18.2 Å². The number of Topliss-reactive ketones (excluding diaryl/α,β-unsaturated/α-hetero) is 2. The Balaban J connectivity index is 1.94. The molecule has 0 unspecified atom stereocenters. The van der Waals surface area contributed by atoms with Gasteiger partial charge in [-0.2, -0.15) is 0 Å². The minimum Gasteiger partial charge on any atom is -0.456 e. The third kappa shape index (κ3) is 3.60. The van der Waals surface area contributed by atoms with E-state index in [1.165, 1.54) is 0 Å². The van der Waals surface area contributed by atoms with Crippen molar-refractivity contribution in [3.63, 3.8) is 0 Å². The molecule has 0 radical (unpaired) electrons. The maximum Gasteiger partial charge on any atom is 0.336 e. The van der Waals surface area contributed by atoms with Crippen LogP contribution in [0.3, 0.4) is 0 Å². The van der Waals surface area contributed by atoms with Crippen LogP contribution in [0.1, 0.15) is 46.0 Å². The summed E-state index contributed by atoms with van der Waals surface area (Å²) in [4.78, 5) is 36.8. The summed E-state index contributed by atoms with van der Waals surface area (Å²) in [6.07, 6.45) is 0.187. The molecule has 2 saturated heterocycles. The standard InChI is InChI=1S/C19H24O6/c1-10(2)11-4-5-13-17(22)16(24-18(13)23)9-19(3)8-14(21)15(25-19)7-12(20)6-11/h5,11,15-17,22H,1,4,6-9H2,2-3H3/b13-5-/t11-,15+,16+,17-,19+/m0/s1. The number of carbonyl (C=O) groups excluding carboxylic acids is 3. The van der Waals surface area contributed by atoms with Gasteiger partial charge in [-0.25, -0.2) is 4.79 Å². The number of hydrogen-bond donors (Lipinski definition) is 1. The summed E-state index contributed by atoms with van der Waals surface area (Å²) in [6.45, 7) is 7.50. The van der Waals surface area contributed by atoms with Crippen LogP contribution in [0.2, 0.25) is 0 Å². The highest BCUT2D eigenvalue weighted by Crippen LogP contribution is 2.38.